The van der Waals surface area contributed by atoms with Crippen LogP contribution >= 0.6 is 0 Å². The third-order valence-corrected chi connectivity index (χ3v) is 3.98. The quantitative estimate of drug-likeness (QED) is 0.679. The Morgan fingerprint density at radius 1 is 1.14 bits per heavy atom. The van der Waals surface area contributed by atoms with Crippen molar-refractivity contribution in [2.45, 2.75) is 19.0 Å². The summed E-state index contributed by atoms with van der Waals surface area (Å²) in [5.74, 6) is 0. The fourth-order valence-corrected chi connectivity index (χ4v) is 2.91. The summed E-state index contributed by atoms with van der Waals surface area (Å²) in [5, 5.41) is 14.4. The number of nitrogens with zero attached hydrogens (tertiary/aromatic N) is 2. The van der Waals surface area contributed by atoms with Crippen LogP contribution in [0.25, 0.3) is 0 Å². The highest BCUT2D eigenvalue weighted by molar-refractivity contribution is 5.61. The van der Waals surface area contributed by atoms with Gasteiger partial charge in [-0.05, 0) is 18.1 Å². The van der Waals surface area contributed by atoms with Crippen LogP contribution in [0.3, 0.4) is 0 Å². The number of anilines is 1. The van der Waals surface area contributed by atoms with Gasteiger partial charge in [-0.25, -0.2) is 0 Å². The molecule has 1 atom stereocenters. The van der Waals surface area contributed by atoms with E-state index in [0.717, 1.165) is 26.1 Å². The zero-order valence-corrected chi connectivity index (χ0v) is 12.3. The Morgan fingerprint density at radius 3 is 2.64 bits per heavy atom. The van der Waals surface area contributed by atoms with Crippen molar-refractivity contribution in [3.8, 4) is 0 Å². The zero-order chi connectivity index (χ0) is 15.4. The third-order valence-electron chi connectivity index (χ3n) is 3.98. The predicted octanol–water partition coefficient (Wildman–Crippen LogP) is 3.28. The van der Waals surface area contributed by atoms with Crippen molar-refractivity contribution in [2.75, 3.05) is 18.4 Å². The molecule has 1 saturated heterocycles. The van der Waals surface area contributed by atoms with Gasteiger partial charge in [-0.15, -0.1) is 0 Å². The number of likely N-dealkylation sites (tertiary alicyclic amines) is 1. The van der Waals surface area contributed by atoms with Crippen molar-refractivity contribution in [3.05, 3.63) is 70.3 Å². The molecule has 1 aliphatic heterocycles. The molecular formula is C17H19N3O2. The second-order valence-electron chi connectivity index (χ2n) is 5.62. The van der Waals surface area contributed by atoms with Crippen molar-refractivity contribution >= 4 is 11.4 Å². The Kier molecular flexibility index (Phi) is 4.34. The van der Waals surface area contributed by atoms with Crippen molar-refractivity contribution in [1.29, 1.82) is 0 Å². The highest BCUT2D eigenvalue weighted by Gasteiger charge is 2.24. The molecule has 1 heterocycles. The SMILES string of the molecule is O=[N+]([O-])c1ccccc1N[C@@H]1CCN(Cc2ccccc2)C1. The zero-order valence-electron chi connectivity index (χ0n) is 12.3. The van der Waals surface area contributed by atoms with Gasteiger partial charge in [0.1, 0.15) is 5.69 Å². The number of para-hydroxylation sites is 2. The number of nitro groups is 1. The van der Waals surface area contributed by atoms with E-state index in [-0.39, 0.29) is 16.7 Å². The van der Waals surface area contributed by atoms with Gasteiger partial charge in [-0.2, -0.15) is 0 Å². The molecule has 0 radical (unpaired) electrons. The molecule has 0 unspecified atom stereocenters. The lowest BCUT2D eigenvalue weighted by Gasteiger charge is -2.17. The van der Waals surface area contributed by atoms with Gasteiger partial charge >= 0.3 is 0 Å². The largest absolute Gasteiger partial charge is 0.375 e. The molecule has 0 spiro atoms. The van der Waals surface area contributed by atoms with Gasteiger partial charge in [0, 0.05) is 31.7 Å². The molecule has 22 heavy (non-hydrogen) atoms. The van der Waals surface area contributed by atoms with Crippen LogP contribution in [-0.2, 0) is 6.54 Å². The van der Waals surface area contributed by atoms with Gasteiger partial charge in [0.05, 0.1) is 4.92 Å². The first-order valence-electron chi connectivity index (χ1n) is 7.48. The summed E-state index contributed by atoms with van der Waals surface area (Å²) < 4.78 is 0. The molecule has 1 fully saturated rings. The van der Waals surface area contributed by atoms with Crippen LogP contribution in [0.2, 0.25) is 0 Å². The first-order valence-corrected chi connectivity index (χ1v) is 7.48. The molecule has 5 nitrogen and oxygen atoms in total. The second-order valence-corrected chi connectivity index (χ2v) is 5.62. The molecule has 0 amide bonds. The average Bonchev–Trinajstić information content (AvgIpc) is 2.96. The van der Waals surface area contributed by atoms with Gasteiger partial charge in [-0.1, -0.05) is 42.5 Å². The maximum Gasteiger partial charge on any atom is 0.292 e. The molecule has 0 aromatic heterocycles. The number of hydrogen-bond donors (Lipinski definition) is 1. The fourth-order valence-electron chi connectivity index (χ4n) is 2.91. The van der Waals surface area contributed by atoms with Gasteiger partial charge in [0.2, 0.25) is 0 Å². The minimum atomic E-state index is -0.334. The minimum Gasteiger partial charge on any atom is -0.375 e. The lowest BCUT2D eigenvalue weighted by atomic mass is 10.2. The van der Waals surface area contributed by atoms with E-state index >= 15 is 0 Å². The smallest absolute Gasteiger partial charge is 0.292 e. The summed E-state index contributed by atoms with van der Waals surface area (Å²) in [7, 11) is 0. The second kappa shape index (κ2) is 6.58. The van der Waals surface area contributed by atoms with Crippen LogP contribution in [0.1, 0.15) is 12.0 Å². The number of nitrogens with one attached hydrogen (secondary N) is 1. The first kappa shape index (κ1) is 14.5. The molecule has 5 heteroatoms. The van der Waals surface area contributed by atoms with E-state index in [9.17, 15) is 10.1 Å². The van der Waals surface area contributed by atoms with E-state index in [2.05, 4.69) is 34.5 Å². The molecule has 0 saturated carbocycles. The fraction of sp³-hybridized carbons (Fsp3) is 0.294. The van der Waals surface area contributed by atoms with Gasteiger partial charge in [0.15, 0.2) is 0 Å². The predicted molar refractivity (Wildman–Crippen MR) is 86.8 cm³/mol. The van der Waals surface area contributed by atoms with Gasteiger partial charge in [0.25, 0.3) is 5.69 Å². The molecule has 0 bridgehead atoms. The lowest BCUT2D eigenvalue weighted by Crippen LogP contribution is -2.26. The van der Waals surface area contributed by atoms with Crippen molar-refractivity contribution in [2.24, 2.45) is 0 Å². The molecule has 1 N–H and O–H groups in total. The standard InChI is InChI=1S/C17H19N3O2/c21-20(22)17-9-5-4-8-16(17)18-15-10-11-19(13-15)12-14-6-2-1-3-7-14/h1-9,15,18H,10-13H2/t15-/m1/s1. The van der Waals surface area contributed by atoms with Crippen LogP contribution in [0.15, 0.2) is 54.6 Å². The monoisotopic (exact) mass is 297 g/mol. The summed E-state index contributed by atoms with van der Waals surface area (Å²) in [6, 6.07) is 17.5. The van der Waals surface area contributed by atoms with E-state index in [1.165, 1.54) is 5.56 Å². The maximum atomic E-state index is 11.1. The van der Waals surface area contributed by atoms with E-state index in [4.69, 9.17) is 0 Å². The Labute approximate surface area is 129 Å². The van der Waals surface area contributed by atoms with Crippen LogP contribution in [0.4, 0.5) is 11.4 Å². The Bertz CT molecular complexity index is 645. The Morgan fingerprint density at radius 2 is 1.86 bits per heavy atom. The van der Waals surface area contributed by atoms with Crippen LogP contribution in [0, 0.1) is 10.1 Å². The number of benzene rings is 2. The Balaban J connectivity index is 1.61. The van der Waals surface area contributed by atoms with E-state index in [1.54, 1.807) is 18.2 Å². The van der Waals surface area contributed by atoms with Crippen molar-refractivity contribution < 1.29 is 4.92 Å². The normalized spacial score (nSPS) is 18.3. The maximum absolute atomic E-state index is 11.1. The molecule has 2 aromatic rings. The van der Waals surface area contributed by atoms with E-state index in [1.807, 2.05) is 12.1 Å². The average molecular weight is 297 g/mol. The summed E-state index contributed by atoms with van der Waals surface area (Å²) in [6.45, 7) is 2.84. The lowest BCUT2D eigenvalue weighted by molar-refractivity contribution is -0.384. The molecule has 114 valence electrons. The number of rotatable bonds is 5. The van der Waals surface area contributed by atoms with Crippen LogP contribution < -0.4 is 5.32 Å². The molecule has 3 rings (SSSR count). The van der Waals surface area contributed by atoms with E-state index < -0.39 is 0 Å². The summed E-state index contributed by atoms with van der Waals surface area (Å²) in [5.41, 5.74) is 2.05. The molecule has 0 aliphatic carbocycles. The van der Waals surface area contributed by atoms with E-state index in [0.29, 0.717) is 5.69 Å². The summed E-state index contributed by atoms with van der Waals surface area (Å²) in [6.07, 6.45) is 0.999. The topological polar surface area (TPSA) is 58.4 Å². The van der Waals surface area contributed by atoms with Crippen LogP contribution in [0.5, 0.6) is 0 Å². The Hall–Kier alpha value is -2.40. The third kappa shape index (κ3) is 3.43. The minimum absolute atomic E-state index is 0.143. The van der Waals surface area contributed by atoms with Crippen molar-refractivity contribution in [1.82, 2.24) is 4.90 Å². The molecule has 1 aliphatic rings. The first-order chi connectivity index (χ1) is 10.7. The summed E-state index contributed by atoms with van der Waals surface area (Å²) in [4.78, 5) is 13.1. The molecular weight excluding hydrogens is 278 g/mol. The molecule has 2 aromatic carbocycles. The highest BCUT2D eigenvalue weighted by Crippen LogP contribution is 2.26. The van der Waals surface area contributed by atoms with Gasteiger partial charge < -0.3 is 5.32 Å². The number of hydrogen-bond acceptors (Lipinski definition) is 4. The number of nitro benzene ring substituents is 1. The highest BCUT2D eigenvalue weighted by atomic mass is 16.6. The summed E-state index contributed by atoms with van der Waals surface area (Å²) >= 11 is 0. The van der Waals surface area contributed by atoms with Crippen LogP contribution in [-0.4, -0.2) is 29.0 Å². The van der Waals surface area contributed by atoms with Crippen molar-refractivity contribution in [3.63, 3.8) is 0 Å². The van der Waals surface area contributed by atoms with Gasteiger partial charge in [-0.3, -0.25) is 15.0 Å².